The first-order valence-corrected chi connectivity index (χ1v) is 3.99. The third kappa shape index (κ3) is 2.33. The molecule has 0 N–H and O–H groups in total. The molecule has 0 aliphatic heterocycles. The summed E-state index contributed by atoms with van der Waals surface area (Å²) in [5, 5.41) is 0. The standard InChI is InChI=1S/C8H15F/c9-7-8-5-3-1-2-4-6-8/h8H,1-7H2. The van der Waals surface area contributed by atoms with E-state index in [0.29, 0.717) is 5.92 Å². The molecule has 0 aromatic carbocycles. The molecule has 0 bridgehead atoms. The Kier molecular flexibility index (Phi) is 3.02. The van der Waals surface area contributed by atoms with Crippen LogP contribution in [0.4, 0.5) is 4.39 Å². The predicted octanol–water partition coefficient (Wildman–Crippen LogP) is 2.93. The first kappa shape index (κ1) is 7.04. The van der Waals surface area contributed by atoms with Crippen LogP contribution in [0.15, 0.2) is 0 Å². The minimum Gasteiger partial charge on any atom is -0.251 e. The van der Waals surface area contributed by atoms with Crippen LogP contribution in [-0.2, 0) is 0 Å². The molecule has 1 fully saturated rings. The molecule has 1 aliphatic rings. The van der Waals surface area contributed by atoms with Gasteiger partial charge in [-0.05, 0) is 18.8 Å². The first-order chi connectivity index (χ1) is 4.43. The maximum absolute atomic E-state index is 12.1. The molecule has 0 heterocycles. The largest absolute Gasteiger partial charge is 0.251 e. The highest BCUT2D eigenvalue weighted by atomic mass is 19.1. The van der Waals surface area contributed by atoms with Gasteiger partial charge in [0.2, 0.25) is 0 Å². The monoisotopic (exact) mass is 130 g/mol. The minimum atomic E-state index is -0.0833. The van der Waals surface area contributed by atoms with Crippen molar-refractivity contribution in [3.05, 3.63) is 0 Å². The van der Waals surface area contributed by atoms with Crippen LogP contribution in [0, 0.1) is 5.92 Å². The second-order valence-electron chi connectivity index (χ2n) is 3.01. The van der Waals surface area contributed by atoms with Crippen LogP contribution >= 0.6 is 0 Å². The van der Waals surface area contributed by atoms with Crippen molar-refractivity contribution in [3.8, 4) is 0 Å². The lowest BCUT2D eigenvalue weighted by atomic mass is 10.0. The van der Waals surface area contributed by atoms with Crippen LogP contribution in [0.2, 0.25) is 0 Å². The van der Waals surface area contributed by atoms with Crippen molar-refractivity contribution in [3.63, 3.8) is 0 Å². The normalized spacial score (nSPS) is 23.7. The maximum atomic E-state index is 12.1. The van der Waals surface area contributed by atoms with Gasteiger partial charge in [0.25, 0.3) is 0 Å². The van der Waals surface area contributed by atoms with E-state index in [0.717, 1.165) is 12.8 Å². The van der Waals surface area contributed by atoms with Crippen molar-refractivity contribution in [2.75, 3.05) is 6.67 Å². The van der Waals surface area contributed by atoms with E-state index in [1.807, 2.05) is 0 Å². The lowest BCUT2D eigenvalue weighted by Gasteiger charge is -2.06. The van der Waals surface area contributed by atoms with Crippen LogP contribution < -0.4 is 0 Å². The van der Waals surface area contributed by atoms with E-state index in [2.05, 4.69) is 0 Å². The first-order valence-electron chi connectivity index (χ1n) is 3.99. The van der Waals surface area contributed by atoms with E-state index >= 15 is 0 Å². The lowest BCUT2D eigenvalue weighted by molar-refractivity contribution is 0.331. The van der Waals surface area contributed by atoms with Crippen molar-refractivity contribution in [1.29, 1.82) is 0 Å². The zero-order chi connectivity index (χ0) is 6.53. The van der Waals surface area contributed by atoms with Crippen LogP contribution in [-0.4, -0.2) is 6.67 Å². The van der Waals surface area contributed by atoms with Gasteiger partial charge in [-0.1, -0.05) is 25.7 Å². The molecule has 0 amide bonds. The van der Waals surface area contributed by atoms with Crippen LogP contribution in [0.3, 0.4) is 0 Å². The molecule has 0 radical (unpaired) electrons. The molecular formula is C8H15F. The third-order valence-corrected chi connectivity index (χ3v) is 2.19. The number of hydrogen-bond donors (Lipinski definition) is 0. The van der Waals surface area contributed by atoms with E-state index in [-0.39, 0.29) is 6.67 Å². The molecule has 0 spiro atoms. The topological polar surface area (TPSA) is 0 Å². The van der Waals surface area contributed by atoms with Crippen LogP contribution in [0.5, 0.6) is 0 Å². The highest BCUT2D eigenvalue weighted by Gasteiger charge is 2.10. The summed E-state index contributed by atoms with van der Waals surface area (Å²) in [6, 6.07) is 0. The molecule has 9 heavy (non-hydrogen) atoms. The summed E-state index contributed by atoms with van der Waals surface area (Å²) < 4.78 is 12.1. The fourth-order valence-electron chi connectivity index (χ4n) is 1.52. The summed E-state index contributed by atoms with van der Waals surface area (Å²) in [6.45, 7) is -0.0833. The molecule has 1 heteroatoms. The Balaban J connectivity index is 2.18. The molecule has 1 aliphatic carbocycles. The van der Waals surface area contributed by atoms with Gasteiger partial charge in [-0.2, -0.15) is 0 Å². The van der Waals surface area contributed by atoms with Gasteiger partial charge in [0.05, 0.1) is 6.67 Å². The molecule has 0 atom stereocenters. The van der Waals surface area contributed by atoms with Crippen LogP contribution in [0.1, 0.15) is 38.5 Å². The molecule has 0 aromatic rings. The summed E-state index contributed by atoms with van der Waals surface area (Å²) in [6.07, 6.45) is 7.45. The van der Waals surface area contributed by atoms with Crippen molar-refractivity contribution in [2.45, 2.75) is 38.5 Å². The summed E-state index contributed by atoms with van der Waals surface area (Å²) in [5.74, 6) is 0.410. The Labute approximate surface area is 56.5 Å². The van der Waals surface area contributed by atoms with Gasteiger partial charge in [0.15, 0.2) is 0 Å². The van der Waals surface area contributed by atoms with Gasteiger partial charge in [0.1, 0.15) is 0 Å². The van der Waals surface area contributed by atoms with Crippen molar-refractivity contribution in [2.24, 2.45) is 5.92 Å². The number of hydrogen-bond acceptors (Lipinski definition) is 0. The molecule has 0 aromatic heterocycles. The molecule has 54 valence electrons. The van der Waals surface area contributed by atoms with E-state index in [1.165, 1.54) is 25.7 Å². The smallest absolute Gasteiger partial charge is 0.0922 e. The van der Waals surface area contributed by atoms with Crippen LogP contribution in [0.25, 0.3) is 0 Å². The minimum absolute atomic E-state index is 0.0833. The van der Waals surface area contributed by atoms with Crippen molar-refractivity contribution in [1.82, 2.24) is 0 Å². The molecular weight excluding hydrogens is 115 g/mol. The van der Waals surface area contributed by atoms with E-state index in [9.17, 15) is 4.39 Å². The summed E-state index contributed by atoms with van der Waals surface area (Å²) in [5.41, 5.74) is 0. The van der Waals surface area contributed by atoms with Gasteiger partial charge >= 0.3 is 0 Å². The van der Waals surface area contributed by atoms with Gasteiger partial charge in [-0.25, -0.2) is 0 Å². The second-order valence-corrected chi connectivity index (χ2v) is 3.01. The zero-order valence-electron chi connectivity index (χ0n) is 5.91. The Morgan fingerprint density at radius 2 is 1.56 bits per heavy atom. The molecule has 1 saturated carbocycles. The third-order valence-electron chi connectivity index (χ3n) is 2.19. The quantitative estimate of drug-likeness (QED) is 0.479. The Morgan fingerprint density at radius 1 is 1.00 bits per heavy atom. The average molecular weight is 130 g/mol. The summed E-state index contributed by atoms with van der Waals surface area (Å²) in [4.78, 5) is 0. The van der Waals surface area contributed by atoms with Gasteiger partial charge < -0.3 is 0 Å². The Bertz CT molecular complexity index is 63.0. The maximum Gasteiger partial charge on any atom is 0.0922 e. The second kappa shape index (κ2) is 3.86. The summed E-state index contributed by atoms with van der Waals surface area (Å²) >= 11 is 0. The number of alkyl halides is 1. The Hall–Kier alpha value is -0.0700. The highest BCUT2D eigenvalue weighted by Crippen LogP contribution is 2.22. The predicted molar refractivity (Wildman–Crippen MR) is 37.2 cm³/mol. The fourth-order valence-corrected chi connectivity index (χ4v) is 1.52. The van der Waals surface area contributed by atoms with E-state index in [4.69, 9.17) is 0 Å². The molecule has 1 rings (SSSR count). The van der Waals surface area contributed by atoms with Gasteiger partial charge in [-0.3, -0.25) is 4.39 Å². The molecule has 0 saturated heterocycles. The molecule has 0 unspecified atom stereocenters. The van der Waals surface area contributed by atoms with Gasteiger partial charge in [-0.15, -0.1) is 0 Å². The molecule has 0 nitrogen and oxygen atoms in total. The fraction of sp³-hybridized carbons (Fsp3) is 1.00. The number of halogens is 1. The van der Waals surface area contributed by atoms with Crippen molar-refractivity contribution >= 4 is 0 Å². The van der Waals surface area contributed by atoms with Crippen molar-refractivity contribution < 1.29 is 4.39 Å². The average Bonchev–Trinajstić information content (AvgIpc) is 2.13. The SMILES string of the molecule is FCC1CCCCCC1. The van der Waals surface area contributed by atoms with E-state index in [1.54, 1.807) is 0 Å². The zero-order valence-corrected chi connectivity index (χ0v) is 5.91. The lowest BCUT2D eigenvalue weighted by Crippen LogP contribution is -1.99. The van der Waals surface area contributed by atoms with E-state index < -0.39 is 0 Å². The highest BCUT2D eigenvalue weighted by molar-refractivity contribution is 4.62. The number of rotatable bonds is 1. The van der Waals surface area contributed by atoms with Gasteiger partial charge in [0, 0.05) is 0 Å². The Morgan fingerprint density at radius 3 is 2.00 bits per heavy atom. The summed E-state index contributed by atoms with van der Waals surface area (Å²) in [7, 11) is 0.